The molecule has 0 spiro atoms. The van der Waals surface area contributed by atoms with E-state index >= 15 is 0 Å². The van der Waals surface area contributed by atoms with Crippen molar-refractivity contribution in [1.29, 1.82) is 0 Å². The molecule has 0 rings (SSSR count). The fraction of sp³-hybridized carbons (Fsp3) is 0. The van der Waals surface area contributed by atoms with Gasteiger partial charge in [-0.2, -0.15) is 0 Å². The summed E-state index contributed by atoms with van der Waals surface area (Å²) in [4.78, 5) is 0. The number of hydrogen-bond acceptors (Lipinski definition) is 1. The zero-order chi connectivity index (χ0) is 0. The third kappa shape index (κ3) is 10.6. The molecule has 23 valence electrons. The second kappa shape index (κ2) is 28.9. The molecule has 2 nitrogen and oxygen atoms in total. The van der Waals surface area contributed by atoms with Crippen molar-refractivity contribution in [2.75, 3.05) is 0 Å². The second-order valence-electron chi connectivity index (χ2n) is 0. The van der Waals surface area contributed by atoms with Gasteiger partial charge < -0.3 is 11.6 Å². The Kier molecular flexibility index (Phi) is 443. The molecule has 0 aromatic rings. The van der Waals surface area contributed by atoms with Gasteiger partial charge in [-0.3, -0.25) is 0 Å². The summed E-state index contributed by atoms with van der Waals surface area (Å²) in [6, 6.07) is 0. The van der Waals surface area contributed by atoms with Gasteiger partial charge in [0.15, 0.2) is 0 Å². The van der Waals surface area contributed by atoms with Crippen LogP contribution in [0.2, 0.25) is 0 Å². The Labute approximate surface area is 55.1 Å². The Morgan fingerprint density at radius 2 is 1.00 bits per heavy atom. The maximum absolute atomic E-state index is 0. The predicted octanol–water partition coefficient (Wildman–Crippen LogP) is -1.05. The zero-order valence-corrected chi connectivity index (χ0v) is 6.12. The van der Waals surface area contributed by atoms with Crippen LogP contribution in [-0.4, -0.2) is 16.4 Å². The van der Waals surface area contributed by atoms with E-state index in [2.05, 4.69) is 0 Å². The summed E-state index contributed by atoms with van der Waals surface area (Å²) in [7, 11) is 0. The Bertz CT molecular complexity index is 8.00. The van der Waals surface area contributed by atoms with Crippen LogP contribution >= 0.6 is 0 Å². The van der Waals surface area contributed by atoms with Gasteiger partial charge in [0, 0.05) is 43.7 Å². The van der Waals surface area contributed by atoms with Crippen molar-refractivity contribution in [2.24, 2.45) is 0 Å². The molecule has 4 heavy (non-hydrogen) atoms. The normalized spacial score (nSPS) is 0. The molecule has 4 heteroatoms. The van der Waals surface area contributed by atoms with Crippen LogP contribution in [0.5, 0.6) is 0 Å². The van der Waals surface area contributed by atoms with Crippen molar-refractivity contribution < 1.29 is 38.2 Å². The molecular weight excluding hydrogens is 147 g/mol. The van der Waals surface area contributed by atoms with E-state index in [4.69, 9.17) is 0 Å². The maximum atomic E-state index is 0. The molecule has 0 fully saturated rings. The smallest absolute Gasteiger partial charge is 0 e. The van der Waals surface area contributed by atoms with Gasteiger partial charge in [0.1, 0.15) is 0 Å². The number of hydrogen-bond donors (Lipinski definition) is 1. The SMILES string of the molecule is N.O.[Si].[Y]. The molecule has 5 radical (unpaired) electrons. The third-order valence-electron chi connectivity index (χ3n) is 0. The van der Waals surface area contributed by atoms with E-state index in [1.807, 2.05) is 0 Å². The van der Waals surface area contributed by atoms with Crippen LogP contribution in [0.3, 0.4) is 0 Å². The molecule has 0 bridgehead atoms. The van der Waals surface area contributed by atoms with Gasteiger partial charge in [-0.25, -0.2) is 0 Å². The van der Waals surface area contributed by atoms with Crippen LogP contribution in [0.15, 0.2) is 0 Å². The minimum absolute atomic E-state index is 0. The molecule has 0 aromatic carbocycles. The summed E-state index contributed by atoms with van der Waals surface area (Å²) in [6.07, 6.45) is 0. The molecule has 0 saturated carbocycles. The first kappa shape index (κ1) is 61.2. The van der Waals surface area contributed by atoms with Gasteiger partial charge >= 0.3 is 0 Å². The Morgan fingerprint density at radius 1 is 1.00 bits per heavy atom. The molecule has 0 aliphatic carbocycles. The molecule has 0 atom stereocenters. The molecule has 0 saturated heterocycles. The molecule has 0 unspecified atom stereocenters. The molecule has 0 heterocycles. The minimum atomic E-state index is 0. The van der Waals surface area contributed by atoms with Gasteiger partial charge in [-0.1, -0.05) is 0 Å². The Hall–Kier alpha value is 1.24. The fourth-order valence-corrected chi connectivity index (χ4v) is 0. The standard InChI is InChI=1S/H3N.H2O.Si.Y/h1H3;1H2;;. The molecular formula is H5NOSiY. The van der Waals surface area contributed by atoms with Gasteiger partial charge in [0.2, 0.25) is 0 Å². The van der Waals surface area contributed by atoms with Crippen molar-refractivity contribution >= 4 is 11.0 Å². The van der Waals surface area contributed by atoms with E-state index in [0.29, 0.717) is 0 Å². The molecule has 0 aromatic heterocycles. The summed E-state index contributed by atoms with van der Waals surface area (Å²) in [5.41, 5.74) is 0. The van der Waals surface area contributed by atoms with Crippen LogP contribution in [0.25, 0.3) is 0 Å². The first-order valence-corrected chi connectivity index (χ1v) is 0. The van der Waals surface area contributed by atoms with Gasteiger partial charge in [-0.05, 0) is 0 Å². The zero-order valence-electron chi connectivity index (χ0n) is 2.28. The third-order valence-corrected chi connectivity index (χ3v) is 0. The van der Waals surface area contributed by atoms with Gasteiger partial charge in [-0.15, -0.1) is 0 Å². The van der Waals surface area contributed by atoms with Crippen molar-refractivity contribution in [3.05, 3.63) is 0 Å². The van der Waals surface area contributed by atoms with Gasteiger partial charge in [0.05, 0.1) is 0 Å². The summed E-state index contributed by atoms with van der Waals surface area (Å²) in [6.45, 7) is 0. The van der Waals surface area contributed by atoms with E-state index < -0.39 is 0 Å². The molecule has 0 amide bonds. The predicted molar refractivity (Wildman–Crippen MR) is 14.4 cm³/mol. The molecule has 0 aliphatic rings. The van der Waals surface area contributed by atoms with Crippen LogP contribution in [0, 0.1) is 0 Å². The summed E-state index contributed by atoms with van der Waals surface area (Å²) in [5.74, 6) is 0. The summed E-state index contributed by atoms with van der Waals surface area (Å²) in [5, 5.41) is 0. The van der Waals surface area contributed by atoms with E-state index in [1.165, 1.54) is 0 Å². The maximum Gasteiger partial charge on any atom is 0 e. The van der Waals surface area contributed by atoms with Crippen LogP contribution < -0.4 is 6.15 Å². The minimum Gasteiger partial charge on any atom is -0.412 e. The Balaban J connectivity index is 0. The van der Waals surface area contributed by atoms with Gasteiger partial charge in [0.25, 0.3) is 0 Å². The van der Waals surface area contributed by atoms with E-state index in [0.717, 1.165) is 0 Å². The average Bonchev–Trinajstić information content (AvgIpc) is 0. The topological polar surface area (TPSA) is 66.5 Å². The van der Waals surface area contributed by atoms with Crippen molar-refractivity contribution in [3.63, 3.8) is 0 Å². The van der Waals surface area contributed by atoms with Crippen LogP contribution in [0.4, 0.5) is 0 Å². The second-order valence-corrected chi connectivity index (χ2v) is 0. The first-order valence-electron chi connectivity index (χ1n) is 0. The van der Waals surface area contributed by atoms with Crippen molar-refractivity contribution in [2.45, 2.75) is 0 Å². The largest absolute Gasteiger partial charge is 0.412 e. The van der Waals surface area contributed by atoms with Crippen LogP contribution in [-0.2, 0) is 32.7 Å². The Morgan fingerprint density at radius 3 is 1.00 bits per heavy atom. The van der Waals surface area contributed by atoms with E-state index in [1.54, 1.807) is 0 Å². The fourth-order valence-electron chi connectivity index (χ4n) is 0. The first-order chi connectivity index (χ1) is 0. The van der Waals surface area contributed by atoms with Crippen molar-refractivity contribution in [1.82, 2.24) is 6.15 Å². The molecule has 0 aliphatic heterocycles. The molecule has 5 N–H and O–H groups in total. The number of rotatable bonds is 0. The van der Waals surface area contributed by atoms with E-state index in [9.17, 15) is 0 Å². The van der Waals surface area contributed by atoms with Crippen molar-refractivity contribution in [3.8, 4) is 0 Å². The quantitative estimate of drug-likeness (QED) is 0.442. The average molecular weight is 152 g/mol. The van der Waals surface area contributed by atoms with Crippen LogP contribution in [0.1, 0.15) is 0 Å². The van der Waals surface area contributed by atoms with E-state index in [-0.39, 0.29) is 55.3 Å². The monoisotopic (exact) mass is 152 g/mol. The summed E-state index contributed by atoms with van der Waals surface area (Å²) < 4.78 is 0. The summed E-state index contributed by atoms with van der Waals surface area (Å²) >= 11 is 0.